The lowest BCUT2D eigenvalue weighted by molar-refractivity contribution is 0.0696. The first-order chi connectivity index (χ1) is 10.7. The summed E-state index contributed by atoms with van der Waals surface area (Å²) in [4.78, 5) is 18.9. The van der Waals surface area contributed by atoms with Crippen molar-refractivity contribution in [1.82, 2.24) is 15.1 Å². The third kappa shape index (κ3) is 2.93. The van der Waals surface area contributed by atoms with Crippen LogP contribution in [-0.4, -0.2) is 26.2 Å². The van der Waals surface area contributed by atoms with Gasteiger partial charge in [-0.05, 0) is 18.2 Å². The van der Waals surface area contributed by atoms with E-state index in [0.717, 1.165) is 5.56 Å². The minimum absolute atomic E-state index is 0.103. The zero-order chi connectivity index (χ0) is 15.4. The van der Waals surface area contributed by atoms with Crippen molar-refractivity contribution in [2.24, 2.45) is 0 Å². The molecule has 7 nitrogen and oxygen atoms in total. The molecule has 0 saturated heterocycles. The molecule has 1 N–H and O–H groups in total. The Bertz CT molecular complexity index is 769. The Morgan fingerprint density at radius 3 is 2.82 bits per heavy atom. The molecule has 0 aromatic carbocycles. The molecule has 7 heteroatoms. The lowest BCUT2D eigenvalue weighted by Gasteiger charge is -2.04. The molecule has 3 heterocycles. The average molecular weight is 297 g/mol. The van der Waals surface area contributed by atoms with Gasteiger partial charge in [-0.1, -0.05) is 11.2 Å². The Kier molecular flexibility index (Phi) is 3.78. The normalized spacial score (nSPS) is 10.4. The van der Waals surface area contributed by atoms with Crippen LogP contribution in [0.1, 0.15) is 15.9 Å². The molecular weight excluding hydrogens is 286 g/mol. The van der Waals surface area contributed by atoms with Crippen molar-refractivity contribution in [2.75, 3.05) is 0 Å². The second kappa shape index (κ2) is 6.04. The SMILES string of the molecule is O=C(O)c1ccc(OCc2conc2-c2ccccn2)nc1. The summed E-state index contributed by atoms with van der Waals surface area (Å²) in [5.74, 6) is -0.714. The molecule has 22 heavy (non-hydrogen) atoms. The number of nitrogens with zero attached hydrogens (tertiary/aromatic N) is 3. The highest BCUT2D eigenvalue weighted by Crippen LogP contribution is 2.21. The molecule has 0 saturated carbocycles. The number of aromatic carboxylic acids is 1. The molecule has 110 valence electrons. The fourth-order valence-electron chi connectivity index (χ4n) is 1.82. The van der Waals surface area contributed by atoms with Gasteiger partial charge in [-0.2, -0.15) is 0 Å². The molecule has 0 radical (unpaired) electrons. The van der Waals surface area contributed by atoms with Crippen LogP contribution in [0.5, 0.6) is 5.88 Å². The minimum atomic E-state index is -1.03. The van der Waals surface area contributed by atoms with Crippen LogP contribution < -0.4 is 4.74 Å². The van der Waals surface area contributed by atoms with Crippen molar-refractivity contribution in [3.05, 3.63) is 60.1 Å². The number of hydrogen-bond donors (Lipinski definition) is 1. The number of carboxylic acid groups (broad SMARTS) is 1. The van der Waals surface area contributed by atoms with Crippen molar-refractivity contribution in [3.8, 4) is 17.3 Å². The number of aromatic nitrogens is 3. The number of carbonyl (C=O) groups is 1. The van der Waals surface area contributed by atoms with Gasteiger partial charge in [-0.25, -0.2) is 9.78 Å². The summed E-state index contributed by atoms with van der Waals surface area (Å²) in [5.41, 5.74) is 2.11. The summed E-state index contributed by atoms with van der Waals surface area (Å²) in [6.07, 6.45) is 4.39. The van der Waals surface area contributed by atoms with E-state index in [1.165, 1.54) is 24.6 Å². The predicted molar refractivity (Wildman–Crippen MR) is 75.3 cm³/mol. The van der Waals surface area contributed by atoms with Crippen molar-refractivity contribution in [1.29, 1.82) is 0 Å². The maximum Gasteiger partial charge on any atom is 0.337 e. The van der Waals surface area contributed by atoms with E-state index in [4.69, 9.17) is 14.4 Å². The first-order valence-electron chi connectivity index (χ1n) is 6.41. The lowest BCUT2D eigenvalue weighted by Crippen LogP contribution is -2.01. The highest BCUT2D eigenvalue weighted by atomic mass is 16.5. The van der Waals surface area contributed by atoms with Gasteiger partial charge in [0.15, 0.2) is 0 Å². The summed E-state index contributed by atoms with van der Waals surface area (Å²) >= 11 is 0. The second-order valence-electron chi connectivity index (χ2n) is 4.38. The summed E-state index contributed by atoms with van der Waals surface area (Å²) in [6.45, 7) is 0.189. The highest BCUT2D eigenvalue weighted by molar-refractivity contribution is 5.87. The van der Waals surface area contributed by atoms with Crippen molar-refractivity contribution in [3.63, 3.8) is 0 Å². The molecule has 0 amide bonds. The second-order valence-corrected chi connectivity index (χ2v) is 4.38. The Morgan fingerprint density at radius 1 is 1.23 bits per heavy atom. The van der Waals surface area contributed by atoms with E-state index in [-0.39, 0.29) is 12.2 Å². The maximum absolute atomic E-state index is 10.7. The summed E-state index contributed by atoms with van der Waals surface area (Å²) in [5, 5.41) is 12.7. The molecule has 3 rings (SSSR count). The van der Waals surface area contributed by atoms with Crippen LogP contribution in [0.25, 0.3) is 11.4 Å². The smallest absolute Gasteiger partial charge is 0.337 e. The van der Waals surface area contributed by atoms with E-state index in [9.17, 15) is 4.79 Å². The van der Waals surface area contributed by atoms with E-state index in [0.29, 0.717) is 17.3 Å². The molecule has 0 unspecified atom stereocenters. The largest absolute Gasteiger partial charge is 0.478 e. The van der Waals surface area contributed by atoms with Crippen molar-refractivity contribution < 1.29 is 19.2 Å². The predicted octanol–water partition coefficient (Wildman–Crippen LogP) is 2.41. The van der Waals surface area contributed by atoms with Gasteiger partial charge in [0, 0.05) is 18.5 Å². The molecule has 0 spiro atoms. The number of hydrogen-bond acceptors (Lipinski definition) is 6. The third-order valence-electron chi connectivity index (χ3n) is 2.91. The first kappa shape index (κ1) is 13.7. The van der Waals surface area contributed by atoms with Crippen molar-refractivity contribution in [2.45, 2.75) is 6.61 Å². The van der Waals surface area contributed by atoms with Gasteiger partial charge in [-0.3, -0.25) is 4.98 Å². The quantitative estimate of drug-likeness (QED) is 0.772. The zero-order valence-electron chi connectivity index (χ0n) is 11.3. The van der Waals surface area contributed by atoms with Crippen LogP contribution in [0, 0.1) is 0 Å². The first-order valence-corrected chi connectivity index (χ1v) is 6.41. The van der Waals surface area contributed by atoms with E-state index in [1.807, 2.05) is 18.2 Å². The van der Waals surface area contributed by atoms with E-state index in [2.05, 4.69) is 15.1 Å². The standard InChI is InChI=1S/C15H11N3O4/c19-15(20)10-4-5-13(17-7-10)21-8-11-9-22-18-14(11)12-3-1-2-6-16-12/h1-7,9H,8H2,(H,19,20). The molecule has 3 aromatic heterocycles. The van der Waals surface area contributed by atoms with Crippen LogP contribution in [0.15, 0.2) is 53.5 Å². The monoisotopic (exact) mass is 297 g/mol. The van der Waals surface area contributed by atoms with Crippen LogP contribution in [0.4, 0.5) is 0 Å². The van der Waals surface area contributed by atoms with Gasteiger partial charge in [0.25, 0.3) is 0 Å². The van der Waals surface area contributed by atoms with Gasteiger partial charge >= 0.3 is 5.97 Å². The number of carboxylic acids is 1. The van der Waals surface area contributed by atoms with E-state index < -0.39 is 5.97 Å². The molecule has 0 bridgehead atoms. The van der Waals surface area contributed by atoms with Gasteiger partial charge in [-0.15, -0.1) is 0 Å². The van der Waals surface area contributed by atoms with Gasteiger partial charge in [0.05, 0.1) is 16.8 Å². The van der Waals surface area contributed by atoms with E-state index in [1.54, 1.807) is 6.20 Å². The molecular formula is C15H11N3O4. The fraction of sp³-hybridized carbons (Fsp3) is 0.0667. The fourth-order valence-corrected chi connectivity index (χ4v) is 1.82. The average Bonchev–Trinajstić information content (AvgIpc) is 3.02. The Balaban J connectivity index is 1.72. The number of ether oxygens (including phenoxy) is 1. The molecule has 0 aliphatic rings. The van der Waals surface area contributed by atoms with Crippen molar-refractivity contribution >= 4 is 5.97 Å². The number of rotatable bonds is 5. The zero-order valence-corrected chi connectivity index (χ0v) is 11.3. The topological polar surface area (TPSA) is 98.3 Å². The summed E-state index contributed by atoms with van der Waals surface area (Å²) in [7, 11) is 0. The van der Waals surface area contributed by atoms with Gasteiger partial charge in [0.2, 0.25) is 5.88 Å². The Hall–Kier alpha value is -3.22. The number of pyridine rings is 2. The van der Waals surface area contributed by atoms with Gasteiger partial charge in [0.1, 0.15) is 18.6 Å². The van der Waals surface area contributed by atoms with E-state index >= 15 is 0 Å². The Morgan fingerprint density at radius 2 is 2.14 bits per heavy atom. The summed E-state index contributed by atoms with van der Waals surface area (Å²) < 4.78 is 10.5. The van der Waals surface area contributed by atoms with Gasteiger partial charge < -0.3 is 14.4 Å². The van der Waals surface area contributed by atoms with Crippen LogP contribution in [0.3, 0.4) is 0 Å². The maximum atomic E-state index is 10.7. The summed E-state index contributed by atoms with van der Waals surface area (Å²) in [6, 6.07) is 8.41. The third-order valence-corrected chi connectivity index (χ3v) is 2.91. The van der Waals surface area contributed by atoms with Crippen LogP contribution in [0.2, 0.25) is 0 Å². The molecule has 0 fully saturated rings. The highest BCUT2D eigenvalue weighted by Gasteiger charge is 2.12. The van der Waals surface area contributed by atoms with Crippen LogP contribution >= 0.6 is 0 Å². The molecule has 0 atom stereocenters. The van der Waals surface area contributed by atoms with Crippen LogP contribution in [-0.2, 0) is 6.61 Å². The molecule has 0 aliphatic carbocycles. The molecule has 3 aromatic rings. The lowest BCUT2D eigenvalue weighted by atomic mass is 10.2. The minimum Gasteiger partial charge on any atom is -0.478 e. The Labute approximate surface area is 125 Å². The molecule has 0 aliphatic heterocycles.